The summed E-state index contributed by atoms with van der Waals surface area (Å²) in [5, 5.41) is 9.67. The molecule has 8 heteroatoms. The summed E-state index contributed by atoms with van der Waals surface area (Å²) in [6.45, 7) is 2.68. The number of carbonyl (C=O) groups is 1. The highest BCUT2D eigenvalue weighted by Crippen LogP contribution is 2.35. The first-order valence-electron chi connectivity index (χ1n) is 9.72. The largest absolute Gasteiger partial charge is 0.395 e. The van der Waals surface area contributed by atoms with Crippen LogP contribution in [-0.4, -0.2) is 58.0 Å². The molecule has 5 rings (SSSR count). The molecule has 30 heavy (non-hydrogen) atoms. The summed E-state index contributed by atoms with van der Waals surface area (Å²) in [4.78, 5) is 20.0. The van der Waals surface area contributed by atoms with E-state index in [4.69, 9.17) is 0 Å². The van der Waals surface area contributed by atoms with Gasteiger partial charge in [-0.25, -0.2) is 13.7 Å². The Morgan fingerprint density at radius 1 is 1.17 bits per heavy atom. The molecule has 5 nitrogen and oxygen atoms in total. The van der Waals surface area contributed by atoms with Crippen LogP contribution < -0.4 is 0 Å². The Balaban J connectivity index is 1.16. The smallest absolute Gasteiger partial charge is 0.233 e. The zero-order chi connectivity index (χ0) is 20.7. The number of aliphatic hydroxyl groups excluding tert-OH is 1. The third-order valence-corrected chi connectivity index (χ3v) is 7.35. The second kappa shape index (κ2) is 8.11. The highest BCUT2D eigenvalue weighted by Gasteiger charge is 2.35. The van der Waals surface area contributed by atoms with E-state index < -0.39 is 11.7 Å². The lowest BCUT2D eigenvalue weighted by atomic mass is 9.92. The summed E-state index contributed by atoms with van der Waals surface area (Å²) >= 11 is 3.40. The van der Waals surface area contributed by atoms with E-state index in [1.807, 2.05) is 5.51 Å². The first-order chi connectivity index (χ1) is 14.6. The van der Waals surface area contributed by atoms with Crippen molar-refractivity contribution in [1.82, 2.24) is 14.2 Å². The monoisotopic (exact) mass is 441 g/mol. The standard InChI is InChI=1S/C22H20FN3O2S2/c23-17-3-1-2-14(6-17)19(12-27)22(28)25-8-15(9-25)16-10-26(11-16)30-18-4-5-20-21(7-18)29-13-24-20/h1-7,13,19,27H,8-12H2. The fourth-order valence-electron chi connectivity index (χ4n) is 3.77. The van der Waals surface area contributed by atoms with E-state index in [1.165, 1.54) is 32.9 Å². The molecule has 0 radical (unpaired) electrons. The Morgan fingerprint density at radius 3 is 2.73 bits per heavy atom. The van der Waals surface area contributed by atoms with E-state index in [2.05, 4.69) is 27.5 Å². The SMILES string of the molecule is O=C(C(CO)c1cccc(F)c1)N1CC(=C2CN(Sc3ccc4ncsc4c3)C2)C1. The molecule has 2 aliphatic heterocycles. The van der Waals surface area contributed by atoms with Crippen LogP contribution >= 0.6 is 23.3 Å². The van der Waals surface area contributed by atoms with Crippen LogP contribution in [0.2, 0.25) is 0 Å². The molecule has 3 heterocycles. The predicted molar refractivity (Wildman–Crippen MR) is 117 cm³/mol. The van der Waals surface area contributed by atoms with Crippen molar-refractivity contribution < 1.29 is 14.3 Å². The zero-order valence-electron chi connectivity index (χ0n) is 16.1. The molecule has 0 spiro atoms. The Hall–Kier alpha value is -2.26. The minimum absolute atomic E-state index is 0.143. The summed E-state index contributed by atoms with van der Waals surface area (Å²) < 4.78 is 17.0. The van der Waals surface area contributed by atoms with Gasteiger partial charge in [0, 0.05) is 31.1 Å². The Labute approximate surface area is 182 Å². The van der Waals surface area contributed by atoms with Gasteiger partial charge in [-0.1, -0.05) is 12.1 Å². The molecule has 0 bridgehead atoms. The van der Waals surface area contributed by atoms with Crippen LogP contribution in [0, 0.1) is 5.82 Å². The van der Waals surface area contributed by atoms with Crippen LogP contribution in [0.1, 0.15) is 11.5 Å². The van der Waals surface area contributed by atoms with Crippen molar-refractivity contribution in [2.75, 3.05) is 32.8 Å². The van der Waals surface area contributed by atoms with E-state index in [-0.39, 0.29) is 12.5 Å². The van der Waals surface area contributed by atoms with Gasteiger partial charge in [0.25, 0.3) is 0 Å². The number of rotatable bonds is 5. The maximum atomic E-state index is 13.5. The first-order valence-corrected chi connectivity index (χ1v) is 11.4. The van der Waals surface area contributed by atoms with Gasteiger partial charge >= 0.3 is 0 Å². The molecule has 0 aliphatic carbocycles. The molecule has 2 fully saturated rings. The molecule has 2 aromatic carbocycles. The summed E-state index contributed by atoms with van der Waals surface area (Å²) in [5.41, 5.74) is 6.11. The van der Waals surface area contributed by atoms with Gasteiger partial charge in [-0.15, -0.1) is 11.3 Å². The summed E-state index contributed by atoms with van der Waals surface area (Å²) in [7, 11) is 0. The molecule has 1 amide bonds. The van der Waals surface area contributed by atoms with Crippen LogP contribution in [0.25, 0.3) is 10.2 Å². The van der Waals surface area contributed by atoms with Crippen molar-refractivity contribution in [3.63, 3.8) is 0 Å². The molecule has 1 unspecified atom stereocenters. The van der Waals surface area contributed by atoms with Gasteiger partial charge in [-0.2, -0.15) is 0 Å². The van der Waals surface area contributed by atoms with Gasteiger partial charge in [0.05, 0.1) is 28.3 Å². The fourth-order valence-corrected chi connectivity index (χ4v) is 5.60. The first kappa shape index (κ1) is 19.7. The number of thiazole rings is 1. The van der Waals surface area contributed by atoms with Gasteiger partial charge in [-0.05, 0) is 59.0 Å². The Morgan fingerprint density at radius 2 is 1.97 bits per heavy atom. The normalized spacial score (nSPS) is 17.7. The third kappa shape index (κ3) is 3.76. The molecule has 2 saturated heterocycles. The van der Waals surface area contributed by atoms with Crippen LogP contribution in [0.3, 0.4) is 0 Å². The number of hydrogen-bond acceptors (Lipinski definition) is 6. The average molecular weight is 442 g/mol. The van der Waals surface area contributed by atoms with Crippen LogP contribution in [0.5, 0.6) is 0 Å². The molecular weight excluding hydrogens is 421 g/mol. The number of benzene rings is 2. The predicted octanol–water partition coefficient (Wildman–Crippen LogP) is 3.67. The minimum atomic E-state index is -0.706. The van der Waals surface area contributed by atoms with Gasteiger partial charge in [-0.3, -0.25) is 4.79 Å². The maximum absolute atomic E-state index is 13.5. The summed E-state index contributed by atoms with van der Waals surface area (Å²) in [6, 6.07) is 12.2. The van der Waals surface area contributed by atoms with Gasteiger partial charge in [0.15, 0.2) is 0 Å². The number of carbonyl (C=O) groups excluding carboxylic acids is 1. The molecule has 1 aromatic heterocycles. The van der Waals surface area contributed by atoms with Crippen molar-refractivity contribution >= 4 is 39.4 Å². The topological polar surface area (TPSA) is 56.7 Å². The number of fused-ring (bicyclic) bond motifs is 1. The number of nitrogens with zero attached hydrogens (tertiary/aromatic N) is 3. The molecule has 3 aromatic rings. The lowest BCUT2D eigenvalue weighted by Gasteiger charge is -2.42. The third-order valence-electron chi connectivity index (χ3n) is 5.58. The van der Waals surface area contributed by atoms with Gasteiger partial charge < -0.3 is 10.0 Å². The number of likely N-dealkylation sites (tertiary alicyclic amines) is 1. The number of aliphatic hydroxyl groups is 1. The summed E-state index contributed by atoms with van der Waals surface area (Å²) in [5.74, 6) is -1.25. The van der Waals surface area contributed by atoms with Crippen LogP contribution in [-0.2, 0) is 4.79 Å². The van der Waals surface area contributed by atoms with Crippen molar-refractivity contribution in [3.8, 4) is 0 Å². The molecule has 1 atom stereocenters. The maximum Gasteiger partial charge on any atom is 0.233 e. The lowest BCUT2D eigenvalue weighted by Crippen LogP contribution is -2.50. The number of aromatic nitrogens is 1. The zero-order valence-corrected chi connectivity index (χ0v) is 17.8. The molecular formula is C22H20FN3O2S2. The van der Waals surface area contributed by atoms with Gasteiger partial charge in [0.2, 0.25) is 5.91 Å². The van der Waals surface area contributed by atoms with Crippen molar-refractivity contribution in [2.24, 2.45) is 0 Å². The second-order valence-corrected chi connectivity index (χ2v) is 9.62. The highest BCUT2D eigenvalue weighted by atomic mass is 32.2. The molecule has 0 saturated carbocycles. The van der Waals surface area contributed by atoms with E-state index in [0.29, 0.717) is 18.7 Å². The van der Waals surface area contributed by atoms with Crippen LogP contribution in [0.15, 0.2) is 64.0 Å². The lowest BCUT2D eigenvalue weighted by molar-refractivity contribution is -0.135. The number of halogens is 1. The minimum Gasteiger partial charge on any atom is -0.395 e. The second-order valence-electron chi connectivity index (χ2n) is 7.56. The quantitative estimate of drug-likeness (QED) is 0.484. The van der Waals surface area contributed by atoms with E-state index >= 15 is 0 Å². The summed E-state index contributed by atoms with van der Waals surface area (Å²) in [6.07, 6.45) is 0. The van der Waals surface area contributed by atoms with Crippen LogP contribution in [0.4, 0.5) is 4.39 Å². The van der Waals surface area contributed by atoms with E-state index in [0.717, 1.165) is 18.6 Å². The van der Waals surface area contributed by atoms with Crippen molar-refractivity contribution in [1.29, 1.82) is 0 Å². The highest BCUT2D eigenvalue weighted by molar-refractivity contribution is 7.97. The average Bonchev–Trinajstić information content (AvgIpc) is 3.13. The van der Waals surface area contributed by atoms with Crippen molar-refractivity contribution in [2.45, 2.75) is 10.8 Å². The Kier molecular flexibility index (Phi) is 5.32. The van der Waals surface area contributed by atoms with E-state index in [9.17, 15) is 14.3 Å². The van der Waals surface area contributed by atoms with Crippen molar-refractivity contribution in [3.05, 3.63) is 70.5 Å². The van der Waals surface area contributed by atoms with Gasteiger partial charge in [0.1, 0.15) is 5.82 Å². The number of hydrogen-bond donors (Lipinski definition) is 1. The van der Waals surface area contributed by atoms with E-state index in [1.54, 1.807) is 40.3 Å². The fraction of sp³-hybridized carbons (Fsp3) is 0.273. The molecule has 1 N–H and O–H groups in total. The molecule has 2 aliphatic rings. The molecule has 154 valence electrons. The number of amides is 1. The Bertz CT molecular complexity index is 1130.